The smallest absolute Gasteiger partial charge is 0.233 e. The molecular formula is C14H19NO2. The van der Waals surface area contributed by atoms with E-state index in [0.29, 0.717) is 13.0 Å². The molecule has 0 aliphatic rings. The Morgan fingerprint density at radius 2 is 1.82 bits per heavy atom. The molecule has 0 fully saturated rings. The zero-order chi connectivity index (χ0) is 12.8. The van der Waals surface area contributed by atoms with Crippen molar-refractivity contribution in [3.8, 4) is 0 Å². The van der Waals surface area contributed by atoms with Crippen molar-refractivity contribution >= 4 is 11.7 Å². The van der Waals surface area contributed by atoms with Gasteiger partial charge in [-0.25, -0.2) is 0 Å². The van der Waals surface area contributed by atoms with Crippen molar-refractivity contribution in [1.82, 2.24) is 4.90 Å². The van der Waals surface area contributed by atoms with Gasteiger partial charge < -0.3 is 4.90 Å². The summed E-state index contributed by atoms with van der Waals surface area (Å²) >= 11 is 0. The molecule has 1 atom stereocenters. The summed E-state index contributed by atoms with van der Waals surface area (Å²) in [6.45, 7) is 3.88. The molecule has 0 bridgehead atoms. The Labute approximate surface area is 102 Å². The summed E-state index contributed by atoms with van der Waals surface area (Å²) in [5.74, 6) is -0.648. The molecule has 1 amide bonds. The lowest BCUT2D eigenvalue weighted by Crippen LogP contribution is -2.35. The summed E-state index contributed by atoms with van der Waals surface area (Å²) in [6, 6.07) is 9.76. The second-order valence-corrected chi connectivity index (χ2v) is 4.25. The van der Waals surface area contributed by atoms with E-state index in [1.165, 1.54) is 6.92 Å². The molecule has 92 valence electrons. The second kappa shape index (κ2) is 6.18. The molecule has 0 saturated carbocycles. The van der Waals surface area contributed by atoms with Crippen LogP contribution in [0.2, 0.25) is 0 Å². The van der Waals surface area contributed by atoms with E-state index in [4.69, 9.17) is 0 Å². The first-order valence-corrected chi connectivity index (χ1v) is 5.85. The van der Waals surface area contributed by atoms with E-state index in [0.717, 1.165) is 5.56 Å². The molecular weight excluding hydrogens is 214 g/mol. The minimum Gasteiger partial charge on any atom is -0.341 e. The van der Waals surface area contributed by atoms with Gasteiger partial charge in [-0.05, 0) is 18.9 Å². The Kier molecular flexibility index (Phi) is 4.88. The van der Waals surface area contributed by atoms with Crippen LogP contribution in [0, 0.1) is 5.92 Å². The van der Waals surface area contributed by atoms with Gasteiger partial charge in [0.05, 0.1) is 5.92 Å². The third-order valence-corrected chi connectivity index (χ3v) is 2.84. The predicted octanol–water partition coefficient (Wildman–Crippen LogP) is 2.26. The fourth-order valence-electron chi connectivity index (χ4n) is 1.84. The Morgan fingerprint density at radius 3 is 2.29 bits per heavy atom. The number of carbonyl (C=O) groups excluding carboxylic acids is 2. The Bertz CT molecular complexity index is 386. The number of hydrogen-bond donors (Lipinski definition) is 0. The summed E-state index contributed by atoms with van der Waals surface area (Å²) in [5.41, 5.74) is 1.07. The lowest BCUT2D eigenvalue weighted by atomic mass is 10.0. The third kappa shape index (κ3) is 3.70. The van der Waals surface area contributed by atoms with E-state index in [2.05, 4.69) is 0 Å². The van der Waals surface area contributed by atoms with Crippen LogP contribution in [0.15, 0.2) is 30.3 Å². The van der Waals surface area contributed by atoms with Crippen molar-refractivity contribution < 1.29 is 9.59 Å². The molecule has 0 aliphatic carbocycles. The average molecular weight is 233 g/mol. The number of Topliss-reactive ketones (excluding diaryl/α,β-unsaturated/α-hetero) is 1. The van der Waals surface area contributed by atoms with E-state index in [-0.39, 0.29) is 11.7 Å². The molecule has 17 heavy (non-hydrogen) atoms. The maximum absolute atomic E-state index is 12.0. The molecule has 0 radical (unpaired) electrons. The third-order valence-electron chi connectivity index (χ3n) is 2.84. The summed E-state index contributed by atoms with van der Waals surface area (Å²) in [7, 11) is 1.74. The zero-order valence-electron chi connectivity index (χ0n) is 10.6. The van der Waals surface area contributed by atoms with Crippen LogP contribution in [0.4, 0.5) is 0 Å². The van der Waals surface area contributed by atoms with Gasteiger partial charge in [-0.3, -0.25) is 9.59 Å². The van der Waals surface area contributed by atoms with E-state index in [1.807, 2.05) is 37.3 Å². The molecule has 1 aromatic rings. The van der Waals surface area contributed by atoms with Crippen molar-refractivity contribution in [2.24, 2.45) is 5.92 Å². The first-order chi connectivity index (χ1) is 8.06. The van der Waals surface area contributed by atoms with Gasteiger partial charge in [0, 0.05) is 13.6 Å². The van der Waals surface area contributed by atoms with Gasteiger partial charge >= 0.3 is 0 Å². The summed E-state index contributed by atoms with van der Waals surface area (Å²) < 4.78 is 0. The minimum atomic E-state index is -0.497. The van der Waals surface area contributed by atoms with Crippen molar-refractivity contribution in [1.29, 1.82) is 0 Å². The highest BCUT2D eigenvalue weighted by atomic mass is 16.2. The number of benzene rings is 1. The van der Waals surface area contributed by atoms with Crippen LogP contribution in [0.5, 0.6) is 0 Å². The first kappa shape index (κ1) is 13.4. The lowest BCUT2D eigenvalue weighted by Gasteiger charge is -2.21. The molecule has 1 aromatic carbocycles. The van der Waals surface area contributed by atoms with Gasteiger partial charge in [0.25, 0.3) is 0 Å². The summed E-state index contributed by atoms with van der Waals surface area (Å²) in [4.78, 5) is 25.0. The maximum Gasteiger partial charge on any atom is 0.233 e. The molecule has 3 heteroatoms. The number of nitrogens with zero attached hydrogens (tertiary/aromatic N) is 1. The van der Waals surface area contributed by atoms with Crippen LogP contribution in [0.3, 0.4) is 0 Å². The topological polar surface area (TPSA) is 37.4 Å². The molecule has 0 aromatic heterocycles. The number of rotatable bonds is 5. The number of amides is 1. The number of ketones is 1. The van der Waals surface area contributed by atoms with Crippen LogP contribution < -0.4 is 0 Å². The molecule has 1 unspecified atom stereocenters. The predicted molar refractivity (Wildman–Crippen MR) is 67.4 cm³/mol. The van der Waals surface area contributed by atoms with Crippen LogP contribution in [-0.2, 0) is 16.1 Å². The Morgan fingerprint density at radius 1 is 1.24 bits per heavy atom. The SMILES string of the molecule is CCC(C(C)=O)C(=O)N(C)Cc1ccccc1. The largest absolute Gasteiger partial charge is 0.341 e. The standard InChI is InChI=1S/C14H19NO2/c1-4-13(11(2)16)14(17)15(3)10-12-8-6-5-7-9-12/h5-9,13H,4,10H2,1-3H3. The minimum absolute atomic E-state index is 0.0580. The van der Waals surface area contributed by atoms with Crippen LogP contribution in [0.25, 0.3) is 0 Å². The quantitative estimate of drug-likeness (QED) is 0.731. The van der Waals surface area contributed by atoms with Crippen molar-refractivity contribution in [2.45, 2.75) is 26.8 Å². The highest BCUT2D eigenvalue weighted by Gasteiger charge is 2.24. The molecule has 0 aliphatic heterocycles. The second-order valence-electron chi connectivity index (χ2n) is 4.25. The highest BCUT2D eigenvalue weighted by molar-refractivity contribution is 6.00. The van der Waals surface area contributed by atoms with Crippen LogP contribution in [-0.4, -0.2) is 23.6 Å². The van der Waals surface area contributed by atoms with Gasteiger partial charge in [0.1, 0.15) is 5.78 Å². The van der Waals surface area contributed by atoms with E-state index >= 15 is 0 Å². The molecule has 0 saturated heterocycles. The lowest BCUT2D eigenvalue weighted by molar-refractivity contribution is -0.140. The van der Waals surface area contributed by atoms with Gasteiger partial charge in [-0.15, -0.1) is 0 Å². The molecule has 0 heterocycles. The normalized spacial score (nSPS) is 11.9. The average Bonchev–Trinajstić information content (AvgIpc) is 2.30. The van der Waals surface area contributed by atoms with Crippen molar-refractivity contribution in [3.05, 3.63) is 35.9 Å². The van der Waals surface area contributed by atoms with Crippen molar-refractivity contribution in [3.63, 3.8) is 0 Å². The maximum atomic E-state index is 12.0. The van der Waals surface area contributed by atoms with Gasteiger partial charge in [0.2, 0.25) is 5.91 Å². The molecule has 1 rings (SSSR count). The summed E-state index contributed by atoms with van der Waals surface area (Å²) in [5, 5.41) is 0. The van der Waals surface area contributed by atoms with Crippen molar-refractivity contribution in [2.75, 3.05) is 7.05 Å². The van der Waals surface area contributed by atoms with Crippen LogP contribution >= 0.6 is 0 Å². The fourth-order valence-corrected chi connectivity index (χ4v) is 1.84. The Hall–Kier alpha value is -1.64. The number of carbonyl (C=O) groups is 2. The monoisotopic (exact) mass is 233 g/mol. The van der Waals surface area contributed by atoms with E-state index < -0.39 is 5.92 Å². The van der Waals surface area contributed by atoms with Gasteiger partial charge in [-0.2, -0.15) is 0 Å². The zero-order valence-corrected chi connectivity index (χ0v) is 10.6. The van der Waals surface area contributed by atoms with Crippen LogP contribution in [0.1, 0.15) is 25.8 Å². The van der Waals surface area contributed by atoms with Gasteiger partial charge in [0.15, 0.2) is 0 Å². The fraction of sp³-hybridized carbons (Fsp3) is 0.429. The Balaban J connectivity index is 2.67. The molecule has 0 spiro atoms. The van der Waals surface area contributed by atoms with E-state index in [1.54, 1.807) is 11.9 Å². The van der Waals surface area contributed by atoms with Gasteiger partial charge in [-0.1, -0.05) is 37.3 Å². The molecule has 3 nitrogen and oxygen atoms in total. The molecule has 0 N–H and O–H groups in total. The first-order valence-electron chi connectivity index (χ1n) is 5.85. The summed E-state index contributed by atoms with van der Waals surface area (Å²) in [6.07, 6.45) is 0.563. The van der Waals surface area contributed by atoms with E-state index in [9.17, 15) is 9.59 Å². The number of hydrogen-bond acceptors (Lipinski definition) is 2. The highest BCUT2D eigenvalue weighted by Crippen LogP contribution is 2.11.